The number of anilines is 1. The SMILES string of the molecule is Cc1cccc(N2CCN(C(=O)[C@H]3CCCN3C3=NS(=O)(=O)c4ccccc43)CC2)c1C. The lowest BCUT2D eigenvalue weighted by molar-refractivity contribution is -0.135. The molecule has 0 N–H and O–H groups in total. The minimum atomic E-state index is -3.70. The first-order valence-electron chi connectivity index (χ1n) is 11.2. The smallest absolute Gasteiger partial charge is 0.285 e. The summed E-state index contributed by atoms with van der Waals surface area (Å²) in [6, 6.07) is 12.9. The summed E-state index contributed by atoms with van der Waals surface area (Å²) >= 11 is 0. The van der Waals surface area contributed by atoms with Crippen LogP contribution in [-0.4, -0.2) is 68.7 Å². The van der Waals surface area contributed by atoms with E-state index < -0.39 is 10.0 Å². The molecule has 8 heteroatoms. The van der Waals surface area contributed by atoms with Gasteiger partial charge >= 0.3 is 0 Å². The minimum Gasteiger partial charge on any atom is -0.368 e. The second-order valence-electron chi connectivity index (χ2n) is 8.77. The molecule has 0 saturated carbocycles. The first-order chi connectivity index (χ1) is 15.4. The number of piperazine rings is 1. The van der Waals surface area contributed by atoms with Crippen LogP contribution in [0, 0.1) is 13.8 Å². The second kappa shape index (κ2) is 7.92. The van der Waals surface area contributed by atoms with Crippen molar-refractivity contribution >= 4 is 27.5 Å². The Labute approximate surface area is 189 Å². The van der Waals surface area contributed by atoms with Gasteiger partial charge in [0.25, 0.3) is 10.0 Å². The Balaban J connectivity index is 1.32. The van der Waals surface area contributed by atoms with E-state index in [1.165, 1.54) is 16.8 Å². The molecule has 2 saturated heterocycles. The van der Waals surface area contributed by atoms with E-state index in [0.29, 0.717) is 31.0 Å². The Bertz CT molecular complexity index is 1200. The molecule has 0 radical (unpaired) electrons. The number of carbonyl (C=O) groups is 1. The predicted molar refractivity (Wildman–Crippen MR) is 125 cm³/mol. The Morgan fingerprint density at radius 2 is 1.72 bits per heavy atom. The Hall–Kier alpha value is -2.87. The lowest BCUT2D eigenvalue weighted by Gasteiger charge is -2.39. The van der Waals surface area contributed by atoms with E-state index in [2.05, 4.69) is 41.3 Å². The van der Waals surface area contributed by atoms with Crippen LogP contribution in [0.3, 0.4) is 0 Å². The van der Waals surface area contributed by atoms with Crippen LogP contribution >= 0.6 is 0 Å². The number of aryl methyl sites for hydroxylation is 1. The molecule has 168 valence electrons. The van der Waals surface area contributed by atoms with Gasteiger partial charge in [-0.05, 0) is 56.0 Å². The van der Waals surface area contributed by atoms with E-state index in [-0.39, 0.29) is 16.8 Å². The van der Waals surface area contributed by atoms with Crippen molar-refractivity contribution in [1.82, 2.24) is 9.80 Å². The highest BCUT2D eigenvalue weighted by molar-refractivity contribution is 7.90. The second-order valence-corrected chi connectivity index (χ2v) is 10.3. The molecule has 0 aliphatic carbocycles. The molecule has 1 amide bonds. The van der Waals surface area contributed by atoms with Gasteiger partial charge in [0, 0.05) is 44.0 Å². The fourth-order valence-electron chi connectivity index (χ4n) is 5.03. The van der Waals surface area contributed by atoms with Gasteiger partial charge in [0.1, 0.15) is 10.9 Å². The van der Waals surface area contributed by atoms with Crippen molar-refractivity contribution in [1.29, 1.82) is 0 Å². The minimum absolute atomic E-state index is 0.0765. The topological polar surface area (TPSA) is 73.3 Å². The number of sulfonamides is 1. The van der Waals surface area contributed by atoms with Crippen LogP contribution < -0.4 is 4.90 Å². The third kappa shape index (κ3) is 3.46. The number of hydrogen-bond acceptors (Lipinski definition) is 5. The standard InChI is InChI=1S/C24H28N4O3S/c1-17-7-5-9-20(18(17)2)26-13-15-27(16-14-26)24(29)21-10-6-12-28(21)23-19-8-3-4-11-22(19)32(30,31)25-23/h3-5,7-9,11,21H,6,10,12-16H2,1-2H3/t21-/m1/s1. The van der Waals surface area contributed by atoms with Crippen LogP contribution in [0.4, 0.5) is 5.69 Å². The third-order valence-corrected chi connectivity index (χ3v) is 8.26. The molecule has 0 unspecified atom stereocenters. The highest BCUT2D eigenvalue weighted by Crippen LogP contribution is 2.32. The number of amidine groups is 1. The maximum absolute atomic E-state index is 13.5. The molecular formula is C24H28N4O3S. The average Bonchev–Trinajstić information content (AvgIpc) is 3.38. The zero-order chi connectivity index (χ0) is 22.5. The lowest BCUT2D eigenvalue weighted by atomic mass is 10.1. The molecule has 0 aromatic heterocycles. The number of carbonyl (C=O) groups excluding carboxylic acids is 1. The molecule has 3 aliphatic heterocycles. The van der Waals surface area contributed by atoms with E-state index in [1.54, 1.807) is 18.2 Å². The first kappa shape index (κ1) is 21.0. The summed E-state index contributed by atoms with van der Waals surface area (Å²) in [7, 11) is -3.70. The van der Waals surface area contributed by atoms with Crippen molar-refractivity contribution in [3.63, 3.8) is 0 Å². The average molecular weight is 453 g/mol. The Morgan fingerprint density at radius 1 is 0.969 bits per heavy atom. The molecule has 2 fully saturated rings. The van der Waals surface area contributed by atoms with E-state index in [4.69, 9.17) is 0 Å². The maximum Gasteiger partial charge on any atom is 0.285 e. The quantitative estimate of drug-likeness (QED) is 0.700. The van der Waals surface area contributed by atoms with Crippen molar-refractivity contribution < 1.29 is 13.2 Å². The molecule has 1 atom stereocenters. The molecule has 7 nitrogen and oxygen atoms in total. The first-order valence-corrected chi connectivity index (χ1v) is 12.6. The molecule has 2 aromatic carbocycles. The lowest BCUT2D eigenvalue weighted by Crippen LogP contribution is -2.54. The fourth-order valence-corrected chi connectivity index (χ4v) is 6.25. The van der Waals surface area contributed by atoms with Gasteiger partial charge in [-0.1, -0.05) is 24.3 Å². The Morgan fingerprint density at radius 3 is 2.50 bits per heavy atom. The molecule has 5 rings (SSSR count). The van der Waals surface area contributed by atoms with E-state index in [1.807, 2.05) is 15.9 Å². The van der Waals surface area contributed by atoms with Gasteiger partial charge in [-0.15, -0.1) is 4.40 Å². The predicted octanol–water partition coefficient (Wildman–Crippen LogP) is 2.57. The highest BCUT2D eigenvalue weighted by Gasteiger charge is 2.41. The van der Waals surface area contributed by atoms with Crippen molar-refractivity contribution in [2.75, 3.05) is 37.6 Å². The molecule has 3 heterocycles. The van der Waals surface area contributed by atoms with Crippen LogP contribution in [0.1, 0.15) is 29.5 Å². The number of hydrogen-bond donors (Lipinski definition) is 0. The third-order valence-electron chi connectivity index (χ3n) is 6.93. The molecule has 0 bridgehead atoms. The fraction of sp³-hybridized carbons (Fsp3) is 0.417. The van der Waals surface area contributed by atoms with Gasteiger partial charge in [0.05, 0.1) is 0 Å². The van der Waals surface area contributed by atoms with E-state index in [0.717, 1.165) is 25.9 Å². The number of rotatable bonds is 2. The largest absolute Gasteiger partial charge is 0.368 e. The summed E-state index contributed by atoms with van der Waals surface area (Å²) in [6.07, 6.45) is 1.57. The van der Waals surface area contributed by atoms with Gasteiger partial charge in [-0.25, -0.2) is 0 Å². The van der Waals surface area contributed by atoms with Gasteiger partial charge in [0.15, 0.2) is 5.84 Å². The summed E-state index contributed by atoms with van der Waals surface area (Å²) in [5, 5.41) is 0. The number of benzene rings is 2. The summed E-state index contributed by atoms with van der Waals surface area (Å²) in [5.74, 6) is 0.498. The molecule has 32 heavy (non-hydrogen) atoms. The maximum atomic E-state index is 13.5. The van der Waals surface area contributed by atoms with Crippen molar-refractivity contribution in [2.45, 2.75) is 37.6 Å². The van der Waals surface area contributed by atoms with Gasteiger partial charge < -0.3 is 14.7 Å². The van der Waals surface area contributed by atoms with E-state index in [9.17, 15) is 13.2 Å². The molecule has 2 aromatic rings. The molecule has 3 aliphatic rings. The van der Waals surface area contributed by atoms with Crippen molar-refractivity contribution in [3.05, 3.63) is 59.2 Å². The van der Waals surface area contributed by atoms with Crippen LogP contribution in [0.5, 0.6) is 0 Å². The monoisotopic (exact) mass is 452 g/mol. The van der Waals surface area contributed by atoms with Crippen molar-refractivity contribution in [2.24, 2.45) is 4.40 Å². The molecular weight excluding hydrogens is 424 g/mol. The molecule has 0 spiro atoms. The zero-order valence-electron chi connectivity index (χ0n) is 18.5. The van der Waals surface area contributed by atoms with Gasteiger partial charge in [0.2, 0.25) is 5.91 Å². The summed E-state index contributed by atoms with van der Waals surface area (Å²) in [6.45, 7) is 7.82. The highest BCUT2D eigenvalue weighted by atomic mass is 32.2. The number of fused-ring (bicyclic) bond motifs is 1. The van der Waals surface area contributed by atoms with Gasteiger partial charge in [-0.2, -0.15) is 8.42 Å². The number of nitrogens with zero attached hydrogens (tertiary/aromatic N) is 4. The van der Waals surface area contributed by atoms with Crippen LogP contribution in [0.15, 0.2) is 51.8 Å². The van der Waals surface area contributed by atoms with Crippen molar-refractivity contribution in [3.8, 4) is 0 Å². The van der Waals surface area contributed by atoms with Crippen LogP contribution in [0.25, 0.3) is 0 Å². The summed E-state index contributed by atoms with van der Waals surface area (Å²) in [4.78, 5) is 19.9. The zero-order valence-corrected chi connectivity index (χ0v) is 19.3. The summed E-state index contributed by atoms with van der Waals surface area (Å²) < 4.78 is 29.1. The number of amides is 1. The van der Waals surface area contributed by atoms with Gasteiger partial charge in [-0.3, -0.25) is 4.79 Å². The van der Waals surface area contributed by atoms with E-state index >= 15 is 0 Å². The number of likely N-dealkylation sites (tertiary alicyclic amines) is 1. The normalized spacial score (nSPS) is 22.1. The Kier molecular flexibility index (Phi) is 5.20. The summed E-state index contributed by atoms with van der Waals surface area (Å²) in [5.41, 5.74) is 4.40. The van der Waals surface area contributed by atoms with Crippen LogP contribution in [0.2, 0.25) is 0 Å². The van der Waals surface area contributed by atoms with Crippen LogP contribution in [-0.2, 0) is 14.8 Å².